The van der Waals surface area contributed by atoms with Gasteiger partial charge in [0.25, 0.3) is 0 Å². The number of rotatable bonds is 6. The van der Waals surface area contributed by atoms with Crippen LogP contribution in [0.25, 0.3) is 0 Å². The van der Waals surface area contributed by atoms with E-state index in [0.717, 1.165) is 25.5 Å². The van der Waals surface area contributed by atoms with Crippen molar-refractivity contribution in [3.63, 3.8) is 0 Å². The summed E-state index contributed by atoms with van der Waals surface area (Å²) in [6.07, 6.45) is 7.44. The molecule has 0 radical (unpaired) electrons. The molecule has 0 heterocycles. The maximum atomic E-state index is 9.83. The zero-order valence-corrected chi connectivity index (χ0v) is 7.81. The van der Waals surface area contributed by atoms with Crippen LogP contribution in [0, 0.1) is 6.92 Å². The molecule has 0 unspecified atom stereocenters. The van der Waals surface area contributed by atoms with Gasteiger partial charge in [0.1, 0.15) is 6.29 Å². The number of aldehydes is 1. The Hall–Kier alpha value is 0.332. The molecular formula is C8H15OPd-. The second kappa shape index (κ2) is 12.1. The van der Waals surface area contributed by atoms with Crippen LogP contribution in [0.4, 0.5) is 0 Å². The Morgan fingerprint density at radius 1 is 1.10 bits per heavy atom. The maximum absolute atomic E-state index is 9.83. The zero-order valence-electron chi connectivity index (χ0n) is 6.25. The maximum Gasteiger partial charge on any atom is 0.119 e. The average molecular weight is 234 g/mol. The summed E-state index contributed by atoms with van der Waals surface area (Å²) in [4.78, 5) is 9.83. The van der Waals surface area contributed by atoms with E-state index in [4.69, 9.17) is 0 Å². The Morgan fingerprint density at radius 3 is 2.20 bits per heavy atom. The fourth-order valence-electron chi connectivity index (χ4n) is 0.758. The summed E-state index contributed by atoms with van der Waals surface area (Å²) in [5, 5.41) is 0. The molecule has 0 fully saturated rings. The fourth-order valence-corrected chi connectivity index (χ4v) is 0.758. The van der Waals surface area contributed by atoms with Crippen molar-refractivity contribution in [3.8, 4) is 0 Å². The van der Waals surface area contributed by atoms with Gasteiger partial charge in [0.05, 0.1) is 0 Å². The van der Waals surface area contributed by atoms with E-state index < -0.39 is 0 Å². The standard InChI is InChI=1S/C8H15O.Pd/c1-2-3-4-5-6-7-8-9;/h8H,1-7H2;/q-1;. The molecule has 0 bridgehead atoms. The quantitative estimate of drug-likeness (QED) is 0.298. The van der Waals surface area contributed by atoms with Gasteiger partial charge >= 0.3 is 0 Å². The first-order valence-electron chi connectivity index (χ1n) is 3.64. The third-order valence-corrected chi connectivity index (χ3v) is 1.32. The van der Waals surface area contributed by atoms with Gasteiger partial charge in [-0.2, -0.15) is 6.42 Å². The second-order valence-corrected chi connectivity index (χ2v) is 2.22. The number of hydrogen-bond acceptors (Lipinski definition) is 1. The number of carbonyl (C=O) groups excluding carboxylic acids is 1. The summed E-state index contributed by atoms with van der Waals surface area (Å²) < 4.78 is 0. The van der Waals surface area contributed by atoms with Crippen LogP contribution in [0.15, 0.2) is 0 Å². The van der Waals surface area contributed by atoms with Crippen LogP contribution < -0.4 is 0 Å². The molecule has 10 heavy (non-hydrogen) atoms. The minimum atomic E-state index is 0. The van der Waals surface area contributed by atoms with Crippen molar-refractivity contribution in [3.05, 3.63) is 6.92 Å². The monoisotopic (exact) mass is 233 g/mol. The van der Waals surface area contributed by atoms with Crippen molar-refractivity contribution in [2.24, 2.45) is 0 Å². The molecule has 0 saturated heterocycles. The molecule has 0 aromatic heterocycles. The van der Waals surface area contributed by atoms with Gasteiger partial charge in [-0.05, 0) is 6.42 Å². The molecule has 0 aliphatic rings. The second-order valence-electron chi connectivity index (χ2n) is 2.22. The molecule has 0 aliphatic carbocycles. The van der Waals surface area contributed by atoms with Crippen molar-refractivity contribution in [1.82, 2.24) is 0 Å². The molecule has 0 aromatic carbocycles. The van der Waals surface area contributed by atoms with Crippen LogP contribution in [-0.4, -0.2) is 6.29 Å². The molecule has 0 aliphatic heterocycles. The van der Waals surface area contributed by atoms with E-state index >= 15 is 0 Å². The normalized spacial score (nSPS) is 8.50. The largest absolute Gasteiger partial charge is 0.343 e. The van der Waals surface area contributed by atoms with Gasteiger partial charge in [-0.25, -0.2) is 0 Å². The third-order valence-electron chi connectivity index (χ3n) is 1.32. The molecular weight excluding hydrogens is 219 g/mol. The van der Waals surface area contributed by atoms with Gasteiger partial charge in [-0.3, -0.25) is 0 Å². The summed E-state index contributed by atoms with van der Waals surface area (Å²) >= 11 is 0. The van der Waals surface area contributed by atoms with Crippen molar-refractivity contribution >= 4 is 6.29 Å². The summed E-state index contributed by atoms with van der Waals surface area (Å²) in [6.45, 7) is 3.73. The van der Waals surface area contributed by atoms with Crippen LogP contribution in [0.3, 0.4) is 0 Å². The zero-order chi connectivity index (χ0) is 6.95. The van der Waals surface area contributed by atoms with Crippen LogP contribution in [0.5, 0.6) is 0 Å². The van der Waals surface area contributed by atoms with Gasteiger partial charge in [0.2, 0.25) is 0 Å². The fraction of sp³-hybridized carbons (Fsp3) is 0.750. The van der Waals surface area contributed by atoms with Crippen LogP contribution in [-0.2, 0) is 25.2 Å². The summed E-state index contributed by atoms with van der Waals surface area (Å²) in [5.41, 5.74) is 0. The first-order chi connectivity index (χ1) is 4.41. The van der Waals surface area contributed by atoms with Crippen molar-refractivity contribution in [2.75, 3.05) is 0 Å². The van der Waals surface area contributed by atoms with E-state index in [1.807, 2.05) is 0 Å². The SMILES string of the molecule is [CH2-]CCCCCCC=O.[Pd]. The minimum absolute atomic E-state index is 0. The van der Waals surface area contributed by atoms with Crippen molar-refractivity contribution < 1.29 is 25.2 Å². The Labute approximate surface area is 77.2 Å². The molecule has 0 aromatic rings. The van der Waals surface area contributed by atoms with Crippen molar-refractivity contribution in [1.29, 1.82) is 0 Å². The Bertz CT molecular complexity index is 64.3. The summed E-state index contributed by atoms with van der Waals surface area (Å²) in [5.74, 6) is 0. The van der Waals surface area contributed by atoms with Crippen LogP contribution >= 0.6 is 0 Å². The minimum Gasteiger partial charge on any atom is -0.343 e. The number of hydrogen-bond donors (Lipinski definition) is 0. The predicted octanol–water partition coefficient (Wildman–Crippen LogP) is 2.36. The Morgan fingerprint density at radius 2 is 1.70 bits per heavy atom. The topological polar surface area (TPSA) is 17.1 Å². The first kappa shape index (κ1) is 13.0. The molecule has 0 saturated carbocycles. The first-order valence-corrected chi connectivity index (χ1v) is 3.64. The molecule has 64 valence electrons. The average Bonchev–Trinajstić information content (AvgIpc) is 1.89. The van der Waals surface area contributed by atoms with E-state index in [9.17, 15) is 4.79 Å². The molecule has 0 amide bonds. The smallest absolute Gasteiger partial charge is 0.119 e. The summed E-state index contributed by atoms with van der Waals surface area (Å²) in [7, 11) is 0. The van der Waals surface area contributed by atoms with Crippen molar-refractivity contribution in [2.45, 2.75) is 38.5 Å². The van der Waals surface area contributed by atoms with E-state index in [1.54, 1.807) is 0 Å². The number of carbonyl (C=O) groups is 1. The van der Waals surface area contributed by atoms with Gasteiger partial charge in [0, 0.05) is 26.8 Å². The summed E-state index contributed by atoms with van der Waals surface area (Å²) in [6, 6.07) is 0. The molecule has 0 atom stereocenters. The van der Waals surface area contributed by atoms with E-state index in [-0.39, 0.29) is 20.4 Å². The van der Waals surface area contributed by atoms with Gasteiger partial charge in [0.15, 0.2) is 0 Å². The molecule has 1 nitrogen and oxygen atoms in total. The van der Waals surface area contributed by atoms with E-state index in [1.165, 1.54) is 19.3 Å². The van der Waals surface area contributed by atoms with Gasteiger partial charge < -0.3 is 11.7 Å². The Balaban J connectivity index is 0. The van der Waals surface area contributed by atoms with Crippen LogP contribution in [0.1, 0.15) is 38.5 Å². The number of unbranched alkanes of at least 4 members (excludes halogenated alkanes) is 5. The Kier molecular flexibility index (Phi) is 15.6. The molecule has 0 N–H and O–H groups in total. The molecule has 0 spiro atoms. The predicted molar refractivity (Wildman–Crippen MR) is 39.1 cm³/mol. The molecule has 0 rings (SSSR count). The molecule has 2 heteroatoms. The third kappa shape index (κ3) is 11.2. The van der Waals surface area contributed by atoms with E-state index in [0.29, 0.717) is 0 Å². The van der Waals surface area contributed by atoms with Gasteiger partial charge in [-0.15, -0.1) is 0 Å². The van der Waals surface area contributed by atoms with E-state index in [2.05, 4.69) is 6.92 Å². The van der Waals surface area contributed by atoms with Gasteiger partial charge in [-0.1, -0.05) is 19.3 Å². The van der Waals surface area contributed by atoms with Crippen LogP contribution in [0.2, 0.25) is 0 Å².